The fourth-order valence-corrected chi connectivity index (χ4v) is 3.80. The molecule has 130 valence electrons. The minimum absolute atomic E-state index is 0.350. The van der Waals surface area contributed by atoms with Crippen LogP contribution in [0, 0.1) is 11.8 Å². The van der Waals surface area contributed by atoms with Gasteiger partial charge in [0, 0.05) is 6.42 Å². The number of rotatable bonds is 15. The maximum absolute atomic E-state index is 10.4. The average Bonchev–Trinajstić information content (AvgIpc) is 2.47. The molecule has 1 saturated carbocycles. The van der Waals surface area contributed by atoms with Gasteiger partial charge in [0.1, 0.15) is 0 Å². The molecule has 1 aliphatic rings. The lowest BCUT2D eigenvalue weighted by Crippen LogP contribution is -2.25. The molecule has 2 nitrogen and oxygen atoms in total. The van der Waals surface area contributed by atoms with Crippen molar-refractivity contribution < 1.29 is 9.90 Å². The summed E-state index contributed by atoms with van der Waals surface area (Å²) in [5, 5.41) is 8.59. The van der Waals surface area contributed by atoms with Gasteiger partial charge in [-0.15, -0.1) is 0 Å². The fourth-order valence-electron chi connectivity index (χ4n) is 3.80. The molecule has 0 heterocycles. The van der Waals surface area contributed by atoms with E-state index in [0.717, 1.165) is 24.7 Å². The normalized spacial score (nSPS) is 20.8. The minimum atomic E-state index is -0.646. The Labute approximate surface area is 138 Å². The Morgan fingerprint density at radius 1 is 0.773 bits per heavy atom. The van der Waals surface area contributed by atoms with Crippen LogP contribution in [0.5, 0.6) is 0 Å². The molecule has 0 aromatic rings. The molecule has 0 radical (unpaired) electrons. The van der Waals surface area contributed by atoms with Gasteiger partial charge in [-0.2, -0.15) is 0 Å². The molecule has 0 amide bonds. The SMILES string of the molecule is CCCCCCCC[C@H]1CC[C@H]1CCCCCCCC(=O)O. The van der Waals surface area contributed by atoms with Crippen LogP contribution in [0.2, 0.25) is 0 Å². The molecule has 22 heavy (non-hydrogen) atoms. The molecular weight excluding hydrogens is 272 g/mol. The quantitative estimate of drug-likeness (QED) is 0.347. The van der Waals surface area contributed by atoms with Crippen molar-refractivity contribution in [1.82, 2.24) is 0 Å². The highest BCUT2D eigenvalue weighted by atomic mass is 16.4. The van der Waals surface area contributed by atoms with E-state index >= 15 is 0 Å². The van der Waals surface area contributed by atoms with Crippen LogP contribution < -0.4 is 0 Å². The first-order chi connectivity index (χ1) is 10.7. The summed E-state index contributed by atoms with van der Waals surface area (Å²) in [4.78, 5) is 10.4. The zero-order valence-corrected chi connectivity index (χ0v) is 14.8. The molecule has 2 atom stereocenters. The van der Waals surface area contributed by atoms with Gasteiger partial charge in [-0.1, -0.05) is 84.0 Å². The van der Waals surface area contributed by atoms with Crippen LogP contribution in [0.4, 0.5) is 0 Å². The Morgan fingerprint density at radius 2 is 1.23 bits per heavy atom. The van der Waals surface area contributed by atoms with E-state index in [2.05, 4.69) is 6.92 Å². The van der Waals surface area contributed by atoms with Crippen LogP contribution in [-0.2, 0) is 4.79 Å². The number of carboxylic acids is 1. The summed E-state index contributed by atoms with van der Waals surface area (Å²) in [5.74, 6) is 1.42. The smallest absolute Gasteiger partial charge is 0.303 e. The average molecular weight is 311 g/mol. The van der Waals surface area contributed by atoms with Crippen LogP contribution >= 0.6 is 0 Å². The molecule has 0 aromatic heterocycles. The summed E-state index contributed by atoms with van der Waals surface area (Å²) >= 11 is 0. The zero-order chi connectivity index (χ0) is 16.0. The van der Waals surface area contributed by atoms with Crippen LogP contribution in [0.1, 0.15) is 110 Å². The van der Waals surface area contributed by atoms with E-state index < -0.39 is 5.97 Å². The van der Waals surface area contributed by atoms with Crippen LogP contribution in [0.3, 0.4) is 0 Å². The maximum atomic E-state index is 10.4. The molecule has 1 fully saturated rings. The molecule has 0 spiro atoms. The van der Waals surface area contributed by atoms with Crippen molar-refractivity contribution in [1.29, 1.82) is 0 Å². The van der Waals surface area contributed by atoms with E-state index in [9.17, 15) is 4.79 Å². The lowest BCUT2D eigenvalue weighted by Gasteiger charge is -2.37. The van der Waals surface area contributed by atoms with Gasteiger partial charge in [-0.25, -0.2) is 0 Å². The number of carbonyl (C=O) groups is 1. The van der Waals surface area contributed by atoms with Gasteiger partial charge in [-0.3, -0.25) is 4.79 Å². The Bertz CT molecular complexity index is 275. The largest absolute Gasteiger partial charge is 0.481 e. The topological polar surface area (TPSA) is 37.3 Å². The van der Waals surface area contributed by atoms with Crippen molar-refractivity contribution in [2.45, 2.75) is 110 Å². The zero-order valence-electron chi connectivity index (χ0n) is 14.8. The number of hydrogen-bond donors (Lipinski definition) is 1. The summed E-state index contributed by atoms with van der Waals surface area (Å²) in [6, 6.07) is 0. The van der Waals surface area contributed by atoms with Crippen LogP contribution in [0.25, 0.3) is 0 Å². The lowest BCUT2D eigenvalue weighted by atomic mass is 9.69. The highest BCUT2D eigenvalue weighted by Crippen LogP contribution is 2.41. The van der Waals surface area contributed by atoms with Gasteiger partial charge in [0.15, 0.2) is 0 Å². The molecule has 0 unspecified atom stereocenters. The van der Waals surface area contributed by atoms with Crippen LogP contribution in [0.15, 0.2) is 0 Å². The second kappa shape index (κ2) is 13.0. The number of aliphatic carboxylic acids is 1. The second-order valence-electron chi connectivity index (χ2n) is 7.35. The summed E-state index contributed by atoms with van der Waals surface area (Å²) in [6.07, 6.45) is 20.6. The van der Waals surface area contributed by atoms with Gasteiger partial charge >= 0.3 is 5.97 Å². The van der Waals surface area contributed by atoms with E-state index in [1.165, 1.54) is 83.5 Å². The van der Waals surface area contributed by atoms with Gasteiger partial charge < -0.3 is 5.11 Å². The monoisotopic (exact) mass is 310 g/mol. The first-order valence-electron chi connectivity index (χ1n) is 9.95. The van der Waals surface area contributed by atoms with Crippen molar-refractivity contribution >= 4 is 5.97 Å². The van der Waals surface area contributed by atoms with Crippen molar-refractivity contribution in [3.05, 3.63) is 0 Å². The van der Waals surface area contributed by atoms with Gasteiger partial charge in [0.25, 0.3) is 0 Å². The maximum Gasteiger partial charge on any atom is 0.303 e. The van der Waals surface area contributed by atoms with Crippen molar-refractivity contribution in [3.8, 4) is 0 Å². The Morgan fingerprint density at radius 3 is 1.68 bits per heavy atom. The molecular formula is C20H38O2. The third-order valence-electron chi connectivity index (χ3n) is 5.47. The molecule has 1 aliphatic carbocycles. The molecule has 2 heteroatoms. The first kappa shape index (κ1) is 19.5. The third kappa shape index (κ3) is 9.48. The molecule has 0 bridgehead atoms. The first-order valence-corrected chi connectivity index (χ1v) is 9.95. The van der Waals surface area contributed by atoms with Gasteiger partial charge in [0.05, 0.1) is 0 Å². The van der Waals surface area contributed by atoms with E-state index in [0.29, 0.717) is 6.42 Å². The summed E-state index contributed by atoms with van der Waals surface area (Å²) in [6.45, 7) is 2.28. The van der Waals surface area contributed by atoms with Gasteiger partial charge in [-0.05, 0) is 31.1 Å². The van der Waals surface area contributed by atoms with Crippen molar-refractivity contribution in [2.24, 2.45) is 11.8 Å². The van der Waals surface area contributed by atoms with E-state index in [4.69, 9.17) is 5.11 Å². The Kier molecular flexibility index (Phi) is 11.5. The van der Waals surface area contributed by atoms with Crippen molar-refractivity contribution in [2.75, 3.05) is 0 Å². The Hall–Kier alpha value is -0.530. The predicted molar refractivity (Wildman–Crippen MR) is 94.2 cm³/mol. The number of unbranched alkanes of at least 4 members (excludes halogenated alkanes) is 9. The highest BCUT2D eigenvalue weighted by molar-refractivity contribution is 5.66. The van der Waals surface area contributed by atoms with Crippen molar-refractivity contribution in [3.63, 3.8) is 0 Å². The lowest BCUT2D eigenvalue weighted by molar-refractivity contribution is -0.137. The number of carboxylic acid groups (broad SMARTS) is 1. The summed E-state index contributed by atoms with van der Waals surface area (Å²) in [7, 11) is 0. The fraction of sp³-hybridized carbons (Fsp3) is 0.950. The highest BCUT2D eigenvalue weighted by Gasteiger charge is 2.29. The summed E-state index contributed by atoms with van der Waals surface area (Å²) in [5.41, 5.74) is 0. The molecule has 0 aromatic carbocycles. The summed E-state index contributed by atoms with van der Waals surface area (Å²) < 4.78 is 0. The predicted octanol–water partition coefficient (Wildman–Crippen LogP) is 6.58. The van der Waals surface area contributed by atoms with E-state index in [1.54, 1.807) is 0 Å². The molecule has 0 saturated heterocycles. The Balaban J connectivity index is 1.86. The molecule has 1 rings (SSSR count). The van der Waals surface area contributed by atoms with Gasteiger partial charge in [0.2, 0.25) is 0 Å². The standard InChI is InChI=1S/C20H38O2/c1-2-3-4-5-7-10-13-18-16-17-19(18)14-11-8-6-9-12-15-20(21)22/h18-19H,2-17H2,1H3,(H,21,22)/t18-,19+/m0/s1. The van der Waals surface area contributed by atoms with E-state index in [-0.39, 0.29) is 0 Å². The van der Waals surface area contributed by atoms with E-state index in [1.807, 2.05) is 0 Å². The minimum Gasteiger partial charge on any atom is -0.481 e. The second-order valence-corrected chi connectivity index (χ2v) is 7.35. The molecule has 0 aliphatic heterocycles. The third-order valence-corrected chi connectivity index (χ3v) is 5.47. The number of hydrogen-bond acceptors (Lipinski definition) is 1. The molecule has 1 N–H and O–H groups in total. The van der Waals surface area contributed by atoms with Crippen LogP contribution in [-0.4, -0.2) is 11.1 Å².